The largest absolute Gasteiger partial charge is 0.466 e. The predicted molar refractivity (Wildman–Crippen MR) is 106 cm³/mol. The van der Waals surface area contributed by atoms with E-state index in [9.17, 15) is 14.4 Å². The highest BCUT2D eigenvalue weighted by Gasteiger charge is 2.22. The molecule has 3 amide bonds. The van der Waals surface area contributed by atoms with Crippen LogP contribution in [0.1, 0.15) is 96.8 Å². The Morgan fingerprint density at radius 2 is 1.70 bits per heavy atom. The third-order valence-corrected chi connectivity index (χ3v) is 4.91. The fourth-order valence-corrected chi connectivity index (χ4v) is 3.20. The van der Waals surface area contributed by atoms with E-state index in [1.807, 2.05) is 0 Å². The number of unbranched alkanes of at least 4 members (excludes halogenated alkanes) is 7. The molecule has 0 aromatic rings. The van der Waals surface area contributed by atoms with E-state index < -0.39 is 0 Å². The molecule has 156 valence electrons. The number of rotatable bonds is 13. The van der Waals surface area contributed by atoms with Crippen LogP contribution in [0.15, 0.2) is 0 Å². The highest BCUT2D eigenvalue weighted by molar-refractivity contribution is 5.94. The third kappa shape index (κ3) is 11.7. The number of amides is 3. The van der Waals surface area contributed by atoms with Crippen LogP contribution in [0.25, 0.3) is 0 Å². The van der Waals surface area contributed by atoms with Crippen LogP contribution < -0.4 is 5.32 Å². The lowest BCUT2D eigenvalue weighted by Crippen LogP contribution is -2.43. The molecule has 0 unspecified atom stereocenters. The summed E-state index contributed by atoms with van der Waals surface area (Å²) in [5.74, 6) is -0.194. The van der Waals surface area contributed by atoms with Crippen molar-refractivity contribution in [3.63, 3.8) is 0 Å². The van der Waals surface area contributed by atoms with Crippen LogP contribution in [0.4, 0.5) is 4.79 Å². The van der Waals surface area contributed by atoms with Crippen molar-refractivity contribution >= 4 is 17.9 Å². The molecule has 0 atom stereocenters. The summed E-state index contributed by atoms with van der Waals surface area (Å²) in [6, 6.07) is -0.278. The quantitative estimate of drug-likeness (QED) is 0.374. The standard InChI is InChI=1S/C21H38N2O4/c1-2-3-4-5-6-13-18-27-20(25)15-10-7-11-16-22-21(26)23-17-12-8-9-14-19(23)24/h2-18H2,1H3,(H,22,26). The zero-order chi connectivity index (χ0) is 19.7. The lowest BCUT2D eigenvalue weighted by atomic mass is 10.1. The van der Waals surface area contributed by atoms with Gasteiger partial charge in [-0.3, -0.25) is 14.5 Å². The minimum Gasteiger partial charge on any atom is -0.466 e. The second-order valence-corrected chi connectivity index (χ2v) is 7.39. The van der Waals surface area contributed by atoms with Crippen LogP contribution in [-0.2, 0) is 14.3 Å². The minimum atomic E-state index is -0.278. The third-order valence-electron chi connectivity index (χ3n) is 4.91. The lowest BCUT2D eigenvalue weighted by Gasteiger charge is -2.18. The molecular weight excluding hydrogens is 344 g/mol. The summed E-state index contributed by atoms with van der Waals surface area (Å²) < 4.78 is 5.24. The maximum absolute atomic E-state index is 12.1. The fraction of sp³-hybridized carbons (Fsp3) is 0.857. The van der Waals surface area contributed by atoms with Gasteiger partial charge in [-0.2, -0.15) is 0 Å². The monoisotopic (exact) mass is 382 g/mol. The fourth-order valence-electron chi connectivity index (χ4n) is 3.20. The molecule has 1 N–H and O–H groups in total. The molecule has 1 aliphatic rings. The summed E-state index contributed by atoms with van der Waals surface area (Å²) in [6.07, 6.45) is 13.2. The number of carbonyl (C=O) groups excluding carboxylic acids is 3. The average molecular weight is 383 g/mol. The Morgan fingerprint density at radius 1 is 0.963 bits per heavy atom. The van der Waals surface area contributed by atoms with Crippen LogP contribution in [-0.4, -0.2) is 42.5 Å². The SMILES string of the molecule is CCCCCCCCOC(=O)CCCCCNC(=O)N1CCCCCC1=O. The number of esters is 1. The minimum absolute atomic E-state index is 0.0712. The Labute approximate surface area is 164 Å². The second kappa shape index (κ2) is 15.5. The maximum atomic E-state index is 12.1. The molecule has 1 fully saturated rings. The molecule has 27 heavy (non-hydrogen) atoms. The number of hydrogen-bond acceptors (Lipinski definition) is 4. The first-order valence-electron chi connectivity index (χ1n) is 10.9. The van der Waals surface area contributed by atoms with Gasteiger partial charge in [0.25, 0.3) is 0 Å². The molecule has 6 nitrogen and oxygen atoms in total. The van der Waals surface area contributed by atoms with Gasteiger partial charge in [0.05, 0.1) is 6.61 Å². The summed E-state index contributed by atoms with van der Waals surface area (Å²) in [5.41, 5.74) is 0. The molecule has 0 aliphatic carbocycles. The van der Waals surface area contributed by atoms with Gasteiger partial charge >= 0.3 is 12.0 Å². The predicted octanol–water partition coefficient (Wildman–Crippen LogP) is 4.56. The van der Waals surface area contributed by atoms with Crippen molar-refractivity contribution in [3.05, 3.63) is 0 Å². The summed E-state index contributed by atoms with van der Waals surface area (Å²) in [4.78, 5) is 36.9. The zero-order valence-electron chi connectivity index (χ0n) is 17.1. The van der Waals surface area contributed by atoms with Gasteiger partial charge in [-0.15, -0.1) is 0 Å². The first kappa shape index (κ1) is 23.4. The molecular formula is C21H38N2O4. The van der Waals surface area contributed by atoms with Crippen LogP contribution in [0.5, 0.6) is 0 Å². The van der Waals surface area contributed by atoms with Gasteiger partial charge in [-0.25, -0.2) is 4.79 Å². The van der Waals surface area contributed by atoms with E-state index in [-0.39, 0.29) is 17.9 Å². The van der Waals surface area contributed by atoms with Crippen LogP contribution in [0.3, 0.4) is 0 Å². The topological polar surface area (TPSA) is 75.7 Å². The summed E-state index contributed by atoms with van der Waals surface area (Å²) in [6.45, 7) is 3.79. The summed E-state index contributed by atoms with van der Waals surface area (Å²) in [5, 5.41) is 2.81. The van der Waals surface area contributed by atoms with Crippen LogP contribution in [0.2, 0.25) is 0 Å². The van der Waals surface area contributed by atoms with Crippen molar-refractivity contribution in [1.29, 1.82) is 0 Å². The van der Waals surface area contributed by atoms with Gasteiger partial charge < -0.3 is 10.1 Å². The Kier molecular flexibility index (Phi) is 13.4. The number of hydrogen-bond donors (Lipinski definition) is 1. The molecule has 1 heterocycles. The highest BCUT2D eigenvalue weighted by Crippen LogP contribution is 2.11. The van der Waals surface area contributed by atoms with Crippen molar-refractivity contribution in [3.8, 4) is 0 Å². The van der Waals surface area contributed by atoms with E-state index in [1.165, 1.54) is 30.6 Å². The Hall–Kier alpha value is -1.59. The Bertz CT molecular complexity index is 440. The van der Waals surface area contributed by atoms with E-state index in [4.69, 9.17) is 4.74 Å². The van der Waals surface area contributed by atoms with Crippen molar-refractivity contribution in [2.24, 2.45) is 0 Å². The van der Waals surface area contributed by atoms with Gasteiger partial charge in [-0.05, 0) is 32.1 Å². The number of carbonyl (C=O) groups is 3. The van der Waals surface area contributed by atoms with E-state index >= 15 is 0 Å². The average Bonchev–Trinajstić information content (AvgIpc) is 2.88. The Morgan fingerprint density at radius 3 is 2.52 bits per heavy atom. The first-order chi connectivity index (χ1) is 13.1. The van der Waals surface area contributed by atoms with Gasteiger partial charge in [-0.1, -0.05) is 51.9 Å². The molecule has 6 heteroatoms. The number of imide groups is 1. The van der Waals surface area contributed by atoms with Crippen molar-refractivity contribution in [2.45, 2.75) is 96.8 Å². The maximum Gasteiger partial charge on any atom is 0.324 e. The lowest BCUT2D eigenvalue weighted by molar-refractivity contribution is -0.144. The number of nitrogens with one attached hydrogen (secondary N) is 1. The van der Waals surface area contributed by atoms with Gasteiger partial charge in [0, 0.05) is 25.9 Å². The second-order valence-electron chi connectivity index (χ2n) is 7.39. The Balaban J connectivity index is 1.95. The molecule has 1 aliphatic heterocycles. The molecule has 1 rings (SSSR count). The first-order valence-corrected chi connectivity index (χ1v) is 10.9. The number of likely N-dealkylation sites (tertiary alicyclic amines) is 1. The van der Waals surface area contributed by atoms with Crippen molar-refractivity contribution in [2.75, 3.05) is 19.7 Å². The van der Waals surface area contributed by atoms with E-state index in [0.29, 0.717) is 32.5 Å². The summed E-state index contributed by atoms with van der Waals surface area (Å²) >= 11 is 0. The normalized spacial score (nSPS) is 14.7. The molecule has 0 spiro atoms. The highest BCUT2D eigenvalue weighted by atomic mass is 16.5. The van der Waals surface area contributed by atoms with E-state index in [0.717, 1.165) is 51.4 Å². The van der Waals surface area contributed by atoms with Gasteiger partial charge in [0.15, 0.2) is 0 Å². The molecule has 0 radical (unpaired) electrons. The van der Waals surface area contributed by atoms with Crippen LogP contribution in [0, 0.1) is 0 Å². The number of urea groups is 1. The van der Waals surface area contributed by atoms with Crippen LogP contribution >= 0.6 is 0 Å². The molecule has 0 saturated carbocycles. The zero-order valence-corrected chi connectivity index (χ0v) is 17.1. The smallest absolute Gasteiger partial charge is 0.324 e. The van der Waals surface area contributed by atoms with Crippen molar-refractivity contribution < 1.29 is 19.1 Å². The van der Waals surface area contributed by atoms with Crippen molar-refractivity contribution in [1.82, 2.24) is 10.2 Å². The molecule has 0 bridgehead atoms. The van der Waals surface area contributed by atoms with Gasteiger partial charge in [0.1, 0.15) is 0 Å². The van der Waals surface area contributed by atoms with Gasteiger partial charge in [0.2, 0.25) is 5.91 Å². The van der Waals surface area contributed by atoms with E-state index in [2.05, 4.69) is 12.2 Å². The number of nitrogens with zero attached hydrogens (tertiary/aromatic N) is 1. The molecule has 1 saturated heterocycles. The molecule has 0 aromatic carbocycles. The number of ether oxygens (including phenoxy) is 1. The van der Waals surface area contributed by atoms with E-state index in [1.54, 1.807) is 0 Å². The summed E-state index contributed by atoms with van der Waals surface area (Å²) in [7, 11) is 0. The molecule has 0 aromatic heterocycles.